The van der Waals surface area contributed by atoms with E-state index in [1.807, 2.05) is 45.2 Å². The molecule has 5 heteroatoms. The van der Waals surface area contributed by atoms with E-state index in [0.717, 1.165) is 17.7 Å². The maximum Gasteiger partial charge on any atom is 0.257 e. The Hall–Kier alpha value is -2.14. The van der Waals surface area contributed by atoms with E-state index < -0.39 is 5.60 Å². The van der Waals surface area contributed by atoms with Gasteiger partial charge in [-0.25, -0.2) is 0 Å². The van der Waals surface area contributed by atoms with E-state index in [-0.39, 0.29) is 18.4 Å². The molecule has 0 bridgehead atoms. The minimum atomic E-state index is -0.971. The van der Waals surface area contributed by atoms with Gasteiger partial charge >= 0.3 is 0 Å². The molecule has 1 aromatic heterocycles. The van der Waals surface area contributed by atoms with E-state index in [1.54, 1.807) is 22.8 Å². The number of carbonyl (C=O) groups is 1. The van der Waals surface area contributed by atoms with Crippen molar-refractivity contribution < 1.29 is 9.90 Å². The highest BCUT2D eigenvalue weighted by atomic mass is 16.3. The molecule has 1 aromatic carbocycles. The van der Waals surface area contributed by atoms with E-state index in [0.29, 0.717) is 12.0 Å². The summed E-state index contributed by atoms with van der Waals surface area (Å²) in [7, 11) is 3.57. The fraction of sp³-hybridized carbons (Fsp3) is 0.474. The van der Waals surface area contributed by atoms with Crippen molar-refractivity contribution in [3.05, 3.63) is 52.8 Å². The number of aromatic nitrogens is 2. The highest BCUT2D eigenvalue weighted by Crippen LogP contribution is 2.37. The smallest absolute Gasteiger partial charge is 0.257 e. The van der Waals surface area contributed by atoms with Crippen LogP contribution in [0.3, 0.4) is 0 Å². The molecule has 0 saturated carbocycles. The quantitative estimate of drug-likeness (QED) is 0.938. The van der Waals surface area contributed by atoms with Gasteiger partial charge in [-0.15, -0.1) is 0 Å². The van der Waals surface area contributed by atoms with Gasteiger partial charge in [-0.2, -0.15) is 5.10 Å². The van der Waals surface area contributed by atoms with Gasteiger partial charge in [0.2, 0.25) is 0 Å². The van der Waals surface area contributed by atoms with Crippen LogP contribution in [-0.4, -0.2) is 39.3 Å². The molecular formula is C19H25N3O2. The number of aryl methyl sites for hydroxylation is 2. The lowest BCUT2D eigenvalue weighted by atomic mass is 9.95. The summed E-state index contributed by atoms with van der Waals surface area (Å²) in [6, 6.07) is 7.94. The fourth-order valence-electron chi connectivity index (χ4n) is 3.60. The Morgan fingerprint density at radius 3 is 2.83 bits per heavy atom. The Labute approximate surface area is 142 Å². The number of benzene rings is 1. The van der Waals surface area contributed by atoms with Crippen LogP contribution in [0.2, 0.25) is 0 Å². The van der Waals surface area contributed by atoms with Crippen LogP contribution >= 0.6 is 0 Å². The summed E-state index contributed by atoms with van der Waals surface area (Å²) < 4.78 is 1.68. The topological polar surface area (TPSA) is 58.4 Å². The zero-order chi connectivity index (χ0) is 17.5. The molecule has 1 amide bonds. The number of rotatable bonds is 4. The van der Waals surface area contributed by atoms with Gasteiger partial charge < -0.3 is 10.0 Å². The molecule has 1 aliphatic carbocycles. The van der Waals surface area contributed by atoms with Crippen molar-refractivity contribution in [1.82, 2.24) is 14.7 Å². The molecule has 1 heterocycles. The predicted octanol–water partition coefficient (Wildman–Crippen LogP) is 2.45. The SMILES string of the molecule is CC(C)c1nn(C)cc1C(=O)N(C)CC1(O)CCc2ccccc21. The van der Waals surface area contributed by atoms with E-state index in [4.69, 9.17) is 0 Å². The van der Waals surface area contributed by atoms with Crippen LogP contribution in [0.4, 0.5) is 0 Å². The van der Waals surface area contributed by atoms with Crippen molar-refractivity contribution in [3.8, 4) is 0 Å². The minimum absolute atomic E-state index is 0.0930. The predicted molar refractivity (Wildman–Crippen MR) is 92.9 cm³/mol. The normalized spacial score (nSPS) is 19.6. The van der Waals surface area contributed by atoms with E-state index in [2.05, 4.69) is 5.10 Å². The second kappa shape index (κ2) is 6.06. The maximum absolute atomic E-state index is 12.9. The number of fused-ring (bicyclic) bond motifs is 1. The molecule has 5 nitrogen and oxygen atoms in total. The molecule has 24 heavy (non-hydrogen) atoms. The van der Waals surface area contributed by atoms with Gasteiger partial charge in [0, 0.05) is 20.3 Å². The summed E-state index contributed by atoms with van der Waals surface area (Å²) in [5, 5.41) is 15.5. The average Bonchev–Trinajstić information content (AvgIpc) is 3.08. The minimum Gasteiger partial charge on any atom is -0.383 e. The van der Waals surface area contributed by atoms with Gasteiger partial charge in [0.25, 0.3) is 5.91 Å². The maximum atomic E-state index is 12.9. The molecule has 1 N–H and O–H groups in total. The number of nitrogens with zero attached hydrogens (tertiary/aromatic N) is 3. The molecule has 1 aliphatic rings. The summed E-state index contributed by atoms with van der Waals surface area (Å²) in [4.78, 5) is 14.5. The zero-order valence-electron chi connectivity index (χ0n) is 14.8. The zero-order valence-corrected chi connectivity index (χ0v) is 14.8. The van der Waals surface area contributed by atoms with Crippen LogP contribution in [0.15, 0.2) is 30.5 Å². The van der Waals surface area contributed by atoms with Crippen molar-refractivity contribution in [2.45, 2.75) is 38.2 Å². The Balaban J connectivity index is 1.83. The van der Waals surface area contributed by atoms with Gasteiger partial charge in [0.15, 0.2) is 0 Å². The number of likely N-dealkylation sites (N-methyl/N-ethyl adjacent to an activating group) is 1. The van der Waals surface area contributed by atoms with Crippen molar-refractivity contribution >= 4 is 5.91 Å². The molecule has 0 spiro atoms. The van der Waals surface area contributed by atoms with Crippen LogP contribution in [0.5, 0.6) is 0 Å². The van der Waals surface area contributed by atoms with Gasteiger partial charge in [-0.1, -0.05) is 38.1 Å². The number of hydrogen-bond donors (Lipinski definition) is 1. The molecule has 3 rings (SSSR count). The summed E-state index contributed by atoms with van der Waals surface area (Å²) in [6.45, 7) is 4.34. The third kappa shape index (κ3) is 2.84. The molecule has 2 aromatic rings. The first kappa shape index (κ1) is 16.7. The van der Waals surface area contributed by atoms with Crippen LogP contribution in [-0.2, 0) is 19.1 Å². The van der Waals surface area contributed by atoms with E-state index in [1.165, 1.54) is 5.56 Å². The monoisotopic (exact) mass is 327 g/mol. The van der Waals surface area contributed by atoms with Crippen molar-refractivity contribution in [2.75, 3.05) is 13.6 Å². The van der Waals surface area contributed by atoms with Gasteiger partial charge in [-0.05, 0) is 29.9 Å². The van der Waals surface area contributed by atoms with Gasteiger partial charge in [0.05, 0.1) is 17.8 Å². The van der Waals surface area contributed by atoms with Crippen molar-refractivity contribution in [3.63, 3.8) is 0 Å². The lowest BCUT2D eigenvalue weighted by Gasteiger charge is -2.30. The second-order valence-electron chi connectivity index (χ2n) is 7.11. The largest absolute Gasteiger partial charge is 0.383 e. The molecule has 0 saturated heterocycles. The van der Waals surface area contributed by atoms with Crippen LogP contribution in [0, 0.1) is 0 Å². The number of hydrogen-bond acceptors (Lipinski definition) is 3. The fourth-order valence-corrected chi connectivity index (χ4v) is 3.60. The van der Waals surface area contributed by atoms with Gasteiger partial charge in [0.1, 0.15) is 5.60 Å². The Morgan fingerprint density at radius 2 is 2.12 bits per heavy atom. The highest BCUT2D eigenvalue weighted by molar-refractivity contribution is 5.95. The lowest BCUT2D eigenvalue weighted by molar-refractivity contribution is 0.00801. The summed E-state index contributed by atoms with van der Waals surface area (Å²) in [5.74, 6) is 0.0819. The average molecular weight is 327 g/mol. The van der Waals surface area contributed by atoms with E-state index in [9.17, 15) is 9.90 Å². The molecule has 0 aliphatic heterocycles. The first-order valence-corrected chi connectivity index (χ1v) is 8.41. The summed E-state index contributed by atoms with van der Waals surface area (Å²) >= 11 is 0. The Kier molecular flexibility index (Phi) is 4.22. The van der Waals surface area contributed by atoms with Crippen LogP contribution in [0.1, 0.15) is 53.4 Å². The molecule has 0 fully saturated rings. The summed E-state index contributed by atoms with van der Waals surface area (Å²) in [5.41, 5.74) is 2.56. The van der Waals surface area contributed by atoms with E-state index >= 15 is 0 Å². The first-order valence-electron chi connectivity index (χ1n) is 8.41. The Bertz CT molecular complexity index is 766. The van der Waals surface area contributed by atoms with Gasteiger partial charge in [-0.3, -0.25) is 9.48 Å². The van der Waals surface area contributed by atoms with Crippen molar-refractivity contribution in [1.29, 1.82) is 0 Å². The second-order valence-corrected chi connectivity index (χ2v) is 7.11. The molecule has 0 radical (unpaired) electrons. The summed E-state index contributed by atoms with van der Waals surface area (Å²) in [6.07, 6.45) is 3.26. The molecule has 128 valence electrons. The molecule has 1 atom stereocenters. The molecule has 1 unspecified atom stereocenters. The van der Waals surface area contributed by atoms with Crippen molar-refractivity contribution in [2.24, 2.45) is 7.05 Å². The Morgan fingerprint density at radius 1 is 1.42 bits per heavy atom. The van der Waals surface area contributed by atoms with Crippen LogP contribution < -0.4 is 0 Å². The molecular weight excluding hydrogens is 302 g/mol. The standard InChI is InChI=1S/C19H25N3O2/c1-13(2)17-15(11-22(4)20-17)18(23)21(3)12-19(24)10-9-14-7-5-6-8-16(14)19/h5-8,11,13,24H,9-10,12H2,1-4H3. The lowest BCUT2D eigenvalue weighted by Crippen LogP contribution is -2.40. The third-order valence-corrected chi connectivity index (χ3v) is 4.81. The van der Waals surface area contributed by atoms with Crippen LogP contribution in [0.25, 0.3) is 0 Å². The number of carbonyl (C=O) groups excluding carboxylic acids is 1. The third-order valence-electron chi connectivity index (χ3n) is 4.81. The number of aliphatic hydroxyl groups is 1. The first-order chi connectivity index (χ1) is 11.3. The highest BCUT2D eigenvalue weighted by Gasteiger charge is 2.38. The number of amides is 1.